The van der Waals surface area contributed by atoms with E-state index in [1.54, 1.807) is 11.3 Å². The van der Waals surface area contributed by atoms with Gasteiger partial charge in [0, 0.05) is 30.6 Å². The molecule has 3 amide bonds. The standard InChI is InChI=1S/C18H28N4O2S/c1-13-19-16(12-25-13)11-17(23)20-15-7-9-22(10-8-15)18(24)21-14-5-3-2-4-6-14/h12,14-15H,2-11H2,1H3,(H,20,23)(H,21,24). The molecule has 2 fully saturated rings. The summed E-state index contributed by atoms with van der Waals surface area (Å²) in [5.41, 5.74) is 0.837. The first-order valence-corrected chi connectivity index (χ1v) is 10.2. The van der Waals surface area contributed by atoms with E-state index >= 15 is 0 Å². The summed E-state index contributed by atoms with van der Waals surface area (Å²) in [6.07, 6.45) is 7.92. The van der Waals surface area contributed by atoms with Crippen LogP contribution in [0.2, 0.25) is 0 Å². The van der Waals surface area contributed by atoms with Gasteiger partial charge in [-0.25, -0.2) is 9.78 Å². The van der Waals surface area contributed by atoms with Crippen molar-refractivity contribution in [2.45, 2.75) is 70.4 Å². The van der Waals surface area contributed by atoms with Crippen molar-refractivity contribution >= 4 is 23.3 Å². The molecule has 2 heterocycles. The van der Waals surface area contributed by atoms with Crippen molar-refractivity contribution < 1.29 is 9.59 Å². The number of thiazole rings is 1. The zero-order valence-electron chi connectivity index (χ0n) is 14.9. The first-order valence-electron chi connectivity index (χ1n) is 9.36. The van der Waals surface area contributed by atoms with Crippen molar-refractivity contribution in [1.82, 2.24) is 20.5 Å². The van der Waals surface area contributed by atoms with Gasteiger partial charge in [-0.1, -0.05) is 19.3 Å². The van der Waals surface area contributed by atoms with Crippen LogP contribution in [0.1, 0.15) is 55.6 Å². The predicted octanol–water partition coefficient (Wildman–Crippen LogP) is 2.62. The van der Waals surface area contributed by atoms with Gasteiger partial charge in [-0.3, -0.25) is 4.79 Å². The fraction of sp³-hybridized carbons (Fsp3) is 0.722. The maximum Gasteiger partial charge on any atom is 0.317 e. The molecule has 0 spiro atoms. The van der Waals surface area contributed by atoms with Gasteiger partial charge in [-0.15, -0.1) is 11.3 Å². The minimum atomic E-state index is 0.0235. The van der Waals surface area contributed by atoms with Crippen molar-refractivity contribution in [2.75, 3.05) is 13.1 Å². The van der Waals surface area contributed by atoms with Crippen molar-refractivity contribution in [3.63, 3.8) is 0 Å². The summed E-state index contributed by atoms with van der Waals surface area (Å²) in [7, 11) is 0. The van der Waals surface area contributed by atoms with Gasteiger partial charge in [0.05, 0.1) is 17.1 Å². The van der Waals surface area contributed by atoms with E-state index in [0.29, 0.717) is 25.6 Å². The lowest BCUT2D eigenvalue weighted by Crippen LogP contribution is -2.51. The van der Waals surface area contributed by atoms with Crippen LogP contribution in [0.4, 0.5) is 4.79 Å². The van der Waals surface area contributed by atoms with Crippen molar-refractivity contribution in [2.24, 2.45) is 0 Å². The zero-order chi connectivity index (χ0) is 17.6. The first-order chi connectivity index (χ1) is 12.1. The minimum Gasteiger partial charge on any atom is -0.353 e. The molecular weight excluding hydrogens is 336 g/mol. The van der Waals surface area contributed by atoms with Crippen LogP contribution >= 0.6 is 11.3 Å². The smallest absolute Gasteiger partial charge is 0.317 e. The van der Waals surface area contributed by atoms with Crippen molar-refractivity contribution in [3.8, 4) is 0 Å². The fourth-order valence-corrected chi connectivity index (χ4v) is 4.28. The summed E-state index contributed by atoms with van der Waals surface area (Å²) in [6, 6.07) is 0.570. The molecule has 1 saturated heterocycles. The van der Waals surface area contributed by atoms with Crippen molar-refractivity contribution in [3.05, 3.63) is 16.1 Å². The van der Waals surface area contributed by atoms with Gasteiger partial charge >= 0.3 is 6.03 Å². The van der Waals surface area contributed by atoms with Crippen LogP contribution in [0.3, 0.4) is 0 Å². The average Bonchev–Trinajstić information content (AvgIpc) is 3.01. The third-order valence-electron chi connectivity index (χ3n) is 5.09. The summed E-state index contributed by atoms with van der Waals surface area (Å²) < 4.78 is 0. The lowest BCUT2D eigenvalue weighted by atomic mass is 9.95. The summed E-state index contributed by atoms with van der Waals surface area (Å²) in [4.78, 5) is 30.7. The van der Waals surface area contributed by atoms with Gasteiger partial charge in [-0.2, -0.15) is 0 Å². The molecule has 1 aromatic heterocycles. The molecule has 2 N–H and O–H groups in total. The molecule has 0 unspecified atom stereocenters. The van der Waals surface area contributed by atoms with E-state index in [1.807, 2.05) is 17.2 Å². The molecule has 138 valence electrons. The van der Waals surface area contributed by atoms with E-state index in [4.69, 9.17) is 0 Å². The minimum absolute atomic E-state index is 0.0235. The quantitative estimate of drug-likeness (QED) is 0.862. The number of aromatic nitrogens is 1. The number of carbonyl (C=O) groups is 2. The normalized spacial score (nSPS) is 19.6. The Balaban J connectivity index is 1.37. The average molecular weight is 365 g/mol. The first kappa shape index (κ1) is 18.2. The molecule has 3 rings (SSSR count). The number of aryl methyl sites for hydroxylation is 1. The third-order valence-corrected chi connectivity index (χ3v) is 5.91. The molecule has 0 aromatic carbocycles. The number of carbonyl (C=O) groups excluding carboxylic acids is 2. The second-order valence-electron chi connectivity index (χ2n) is 7.15. The molecule has 0 atom stereocenters. The molecule has 0 bridgehead atoms. The summed E-state index contributed by atoms with van der Waals surface area (Å²) in [5, 5.41) is 9.18. The molecule has 1 aliphatic carbocycles. The number of nitrogens with zero attached hydrogens (tertiary/aromatic N) is 2. The van der Waals surface area contributed by atoms with Gasteiger partial charge in [0.1, 0.15) is 0 Å². The SMILES string of the molecule is Cc1nc(CC(=O)NC2CCN(C(=O)NC3CCCCC3)CC2)cs1. The highest BCUT2D eigenvalue weighted by Gasteiger charge is 2.25. The Labute approximate surface area is 153 Å². The highest BCUT2D eigenvalue weighted by molar-refractivity contribution is 7.09. The molecule has 1 aliphatic heterocycles. The van der Waals surface area contributed by atoms with E-state index in [2.05, 4.69) is 15.6 Å². The highest BCUT2D eigenvalue weighted by Crippen LogP contribution is 2.18. The number of rotatable bonds is 4. The number of piperidine rings is 1. The van der Waals surface area contributed by atoms with E-state index in [-0.39, 0.29) is 18.0 Å². The maximum atomic E-state index is 12.4. The Kier molecular flexibility index (Phi) is 6.29. The largest absolute Gasteiger partial charge is 0.353 e. The second-order valence-corrected chi connectivity index (χ2v) is 8.21. The molecular formula is C18H28N4O2S. The predicted molar refractivity (Wildman–Crippen MR) is 98.7 cm³/mol. The monoisotopic (exact) mass is 364 g/mol. The van der Waals surface area contributed by atoms with Crippen LogP contribution in [0.25, 0.3) is 0 Å². The Morgan fingerprint density at radius 3 is 2.44 bits per heavy atom. The van der Waals surface area contributed by atoms with E-state index in [9.17, 15) is 9.59 Å². The van der Waals surface area contributed by atoms with Crippen LogP contribution in [-0.4, -0.2) is 47.0 Å². The van der Waals surface area contributed by atoms with Gasteiger partial charge in [0.25, 0.3) is 0 Å². The van der Waals surface area contributed by atoms with Crippen LogP contribution in [0, 0.1) is 6.92 Å². The fourth-order valence-electron chi connectivity index (χ4n) is 3.67. The number of amides is 3. The van der Waals surface area contributed by atoms with Gasteiger partial charge < -0.3 is 15.5 Å². The molecule has 25 heavy (non-hydrogen) atoms. The van der Waals surface area contributed by atoms with Crippen LogP contribution in [0.15, 0.2) is 5.38 Å². The van der Waals surface area contributed by atoms with Crippen LogP contribution < -0.4 is 10.6 Å². The van der Waals surface area contributed by atoms with Crippen molar-refractivity contribution in [1.29, 1.82) is 0 Å². The van der Waals surface area contributed by atoms with Crippen LogP contribution in [0.5, 0.6) is 0 Å². The Morgan fingerprint density at radius 2 is 1.80 bits per heavy atom. The topological polar surface area (TPSA) is 74.3 Å². The van der Waals surface area contributed by atoms with Crippen LogP contribution in [-0.2, 0) is 11.2 Å². The highest BCUT2D eigenvalue weighted by atomic mass is 32.1. The van der Waals surface area contributed by atoms with E-state index < -0.39 is 0 Å². The maximum absolute atomic E-state index is 12.4. The Bertz CT molecular complexity index is 590. The molecule has 1 aromatic rings. The lowest BCUT2D eigenvalue weighted by Gasteiger charge is -2.34. The Hall–Kier alpha value is -1.63. The van der Waals surface area contributed by atoms with Gasteiger partial charge in [0.2, 0.25) is 5.91 Å². The summed E-state index contributed by atoms with van der Waals surface area (Å²) in [5.74, 6) is 0.0235. The lowest BCUT2D eigenvalue weighted by molar-refractivity contribution is -0.121. The third kappa shape index (κ3) is 5.42. The number of hydrogen-bond donors (Lipinski definition) is 2. The molecule has 7 heteroatoms. The number of hydrogen-bond acceptors (Lipinski definition) is 4. The molecule has 1 saturated carbocycles. The van der Waals surface area contributed by atoms with Gasteiger partial charge in [-0.05, 0) is 32.6 Å². The molecule has 0 radical (unpaired) electrons. The second kappa shape index (κ2) is 8.65. The van der Waals surface area contributed by atoms with Gasteiger partial charge in [0.15, 0.2) is 0 Å². The number of nitrogens with one attached hydrogen (secondary N) is 2. The zero-order valence-corrected chi connectivity index (χ0v) is 15.7. The van der Waals surface area contributed by atoms with E-state index in [0.717, 1.165) is 36.4 Å². The number of urea groups is 1. The molecule has 2 aliphatic rings. The number of likely N-dealkylation sites (tertiary alicyclic amines) is 1. The summed E-state index contributed by atoms with van der Waals surface area (Å²) in [6.45, 7) is 3.36. The molecule has 6 nitrogen and oxygen atoms in total. The van der Waals surface area contributed by atoms with E-state index in [1.165, 1.54) is 19.3 Å². The Morgan fingerprint density at radius 1 is 1.12 bits per heavy atom. The summed E-state index contributed by atoms with van der Waals surface area (Å²) >= 11 is 1.57.